The lowest BCUT2D eigenvalue weighted by molar-refractivity contribution is 0.112. The molecular formula is C12H16O2. The summed E-state index contributed by atoms with van der Waals surface area (Å²) in [6, 6.07) is 8.06. The van der Waals surface area contributed by atoms with Crippen molar-refractivity contribution in [2.75, 3.05) is 6.61 Å². The lowest BCUT2D eigenvalue weighted by atomic mass is 9.98. The molecule has 0 unspecified atom stereocenters. The normalized spacial score (nSPS) is 25.0. The maximum atomic E-state index is 9.99. The van der Waals surface area contributed by atoms with E-state index in [9.17, 15) is 5.11 Å². The highest BCUT2D eigenvalue weighted by Crippen LogP contribution is 2.37. The van der Waals surface area contributed by atoms with E-state index in [-0.39, 0.29) is 12.7 Å². The molecule has 0 spiro atoms. The second-order valence-electron chi connectivity index (χ2n) is 3.97. The molecule has 0 aromatic heterocycles. The molecule has 2 atom stereocenters. The summed E-state index contributed by atoms with van der Waals surface area (Å²) < 4.78 is 0. The van der Waals surface area contributed by atoms with Crippen LogP contribution in [0.15, 0.2) is 24.3 Å². The quantitative estimate of drug-likeness (QED) is 0.764. The van der Waals surface area contributed by atoms with Crippen LogP contribution in [0.5, 0.6) is 0 Å². The summed E-state index contributed by atoms with van der Waals surface area (Å²) in [5.74, 6) is 0.305. The number of hydrogen-bond acceptors (Lipinski definition) is 2. The summed E-state index contributed by atoms with van der Waals surface area (Å²) in [5, 5.41) is 18.7. The van der Waals surface area contributed by atoms with Crippen LogP contribution < -0.4 is 0 Å². The first-order valence-electron chi connectivity index (χ1n) is 5.19. The molecule has 0 radical (unpaired) electrons. The molecule has 1 aromatic rings. The number of rotatable bonds is 3. The minimum Gasteiger partial charge on any atom is -0.396 e. The van der Waals surface area contributed by atoms with Gasteiger partial charge in [0.2, 0.25) is 0 Å². The van der Waals surface area contributed by atoms with E-state index in [1.165, 1.54) is 5.56 Å². The Kier molecular flexibility index (Phi) is 2.85. The Bertz CT molecular complexity index is 309. The molecule has 1 aliphatic rings. The maximum absolute atomic E-state index is 9.99. The fourth-order valence-electron chi connectivity index (χ4n) is 2.27. The summed E-state index contributed by atoms with van der Waals surface area (Å²) in [7, 11) is 0. The van der Waals surface area contributed by atoms with E-state index in [0.29, 0.717) is 5.92 Å². The number of benzene rings is 1. The van der Waals surface area contributed by atoms with Gasteiger partial charge in [0.25, 0.3) is 0 Å². The Morgan fingerprint density at radius 3 is 2.79 bits per heavy atom. The first-order valence-corrected chi connectivity index (χ1v) is 5.19. The molecule has 0 aliphatic heterocycles. The molecular weight excluding hydrogens is 176 g/mol. The summed E-state index contributed by atoms with van der Waals surface area (Å²) in [5.41, 5.74) is 2.35. The van der Waals surface area contributed by atoms with E-state index in [0.717, 1.165) is 24.8 Å². The Balaban J connectivity index is 2.09. The molecule has 0 saturated heterocycles. The fourth-order valence-corrected chi connectivity index (χ4v) is 2.27. The standard InChI is InChI=1S/C12H16O2/c13-7-3-5-10-8-9-4-1-2-6-11(9)12(10)14/h1-2,4,6,10,12-14H,3,5,7-8H2/t10-,12-/m1/s1. The van der Waals surface area contributed by atoms with Crippen molar-refractivity contribution in [3.63, 3.8) is 0 Å². The molecule has 1 aromatic carbocycles. The smallest absolute Gasteiger partial charge is 0.0824 e. The van der Waals surface area contributed by atoms with Gasteiger partial charge in [0, 0.05) is 6.61 Å². The average molecular weight is 192 g/mol. The van der Waals surface area contributed by atoms with Crippen LogP contribution >= 0.6 is 0 Å². The predicted octanol–water partition coefficient (Wildman–Crippen LogP) is 1.66. The van der Waals surface area contributed by atoms with Crippen molar-refractivity contribution in [3.8, 4) is 0 Å². The van der Waals surface area contributed by atoms with Crippen molar-refractivity contribution in [3.05, 3.63) is 35.4 Å². The summed E-state index contributed by atoms with van der Waals surface area (Å²) in [6.07, 6.45) is 2.33. The van der Waals surface area contributed by atoms with Gasteiger partial charge >= 0.3 is 0 Å². The van der Waals surface area contributed by atoms with Crippen molar-refractivity contribution >= 4 is 0 Å². The minimum atomic E-state index is -0.322. The van der Waals surface area contributed by atoms with Crippen molar-refractivity contribution in [2.45, 2.75) is 25.4 Å². The highest BCUT2D eigenvalue weighted by molar-refractivity contribution is 5.34. The molecule has 2 heteroatoms. The molecule has 0 fully saturated rings. The highest BCUT2D eigenvalue weighted by atomic mass is 16.3. The van der Waals surface area contributed by atoms with E-state index in [1.54, 1.807) is 0 Å². The van der Waals surface area contributed by atoms with Gasteiger partial charge in [-0.05, 0) is 36.3 Å². The lowest BCUT2D eigenvalue weighted by Gasteiger charge is -2.13. The van der Waals surface area contributed by atoms with Gasteiger partial charge in [0.05, 0.1) is 6.10 Å². The van der Waals surface area contributed by atoms with Gasteiger partial charge in [-0.1, -0.05) is 24.3 Å². The van der Waals surface area contributed by atoms with Gasteiger partial charge in [0.1, 0.15) is 0 Å². The van der Waals surface area contributed by atoms with Gasteiger partial charge in [0.15, 0.2) is 0 Å². The Labute approximate surface area is 84.2 Å². The van der Waals surface area contributed by atoms with E-state index < -0.39 is 0 Å². The first-order chi connectivity index (χ1) is 6.83. The minimum absolute atomic E-state index is 0.222. The van der Waals surface area contributed by atoms with Gasteiger partial charge in [-0.2, -0.15) is 0 Å². The largest absolute Gasteiger partial charge is 0.396 e. The number of aliphatic hydroxyl groups is 2. The van der Waals surface area contributed by atoms with Crippen LogP contribution in [0.4, 0.5) is 0 Å². The summed E-state index contributed by atoms with van der Waals surface area (Å²) >= 11 is 0. The number of aliphatic hydroxyl groups excluding tert-OH is 2. The van der Waals surface area contributed by atoms with Crippen molar-refractivity contribution in [1.29, 1.82) is 0 Å². The van der Waals surface area contributed by atoms with E-state index in [1.807, 2.05) is 18.2 Å². The number of hydrogen-bond donors (Lipinski definition) is 2. The van der Waals surface area contributed by atoms with Gasteiger partial charge in [-0.25, -0.2) is 0 Å². The third-order valence-electron chi connectivity index (χ3n) is 3.04. The van der Waals surface area contributed by atoms with Gasteiger partial charge in [-0.15, -0.1) is 0 Å². The Morgan fingerprint density at radius 1 is 1.29 bits per heavy atom. The van der Waals surface area contributed by atoms with Crippen LogP contribution in [0.2, 0.25) is 0 Å². The second kappa shape index (κ2) is 4.11. The number of fused-ring (bicyclic) bond motifs is 1. The summed E-state index contributed by atoms with van der Waals surface area (Å²) in [6.45, 7) is 0.222. The van der Waals surface area contributed by atoms with Crippen LogP contribution in [0.25, 0.3) is 0 Å². The Hall–Kier alpha value is -0.860. The topological polar surface area (TPSA) is 40.5 Å². The molecule has 14 heavy (non-hydrogen) atoms. The fraction of sp³-hybridized carbons (Fsp3) is 0.500. The molecule has 1 aliphatic carbocycles. The van der Waals surface area contributed by atoms with Gasteiger partial charge in [-0.3, -0.25) is 0 Å². The van der Waals surface area contributed by atoms with E-state index >= 15 is 0 Å². The zero-order valence-electron chi connectivity index (χ0n) is 8.19. The molecule has 2 nitrogen and oxygen atoms in total. The molecule has 76 valence electrons. The van der Waals surface area contributed by atoms with Crippen molar-refractivity contribution in [2.24, 2.45) is 5.92 Å². The van der Waals surface area contributed by atoms with Crippen molar-refractivity contribution in [1.82, 2.24) is 0 Å². The van der Waals surface area contributed by atoms with Crippen LogP contribution in [-0.2, 0) is 6.42 Å². The Morgan fingerprint density at radius 2 is 2.07 bits per heavy atom. The van der Waals surface area contributed by atoms with Crippen LogP contribution in [0.1, 0.15) is 30.1 Å². The van der Waals surface area contributed by atoms with Crippen LogP contribution in [0, 0.1) is 5.92 Å². The zero-order chi connectivity index (χ0) is 9.97. The molecule has 2 N–H and O–H groups in total. The van der Waals surface area contributed by atoms with E-state index in [2.05, 4.69) is 6.07 Å². The van der Waals surface area contributed by atoms with E-state index in [4.69, 9.17) is 5.11 Å². The van der Waals surface area contributed by atoms with Gasteiger partial charge < -0.3 is 10.2 Å². The molecule has 0 amide bonds. The molecule has 2 rings (SSSR count). The monoisotopic (exact) mass is 192 g/mol. The summed E-state index contributed by atoms with van der Waals surface area (Å²) in [4.78, 5) is 0. The van der Waals surface area contributed by atoms with Crippen LogP contribution in [0.3, 0.4) is 0 Å². The molecule has 0 heterocycles. The zero-order valence-corrected chi connectivity index (χ0v) is 8.19. The first kappa shape index (κ1) is 9.69. The SMILES string of the molecule is OCCC[C@@H]1Cc2ccccc2[C@@H]1O. The average Bonchev–Trinajstić information content (AvgIpc) is 2.54. The third-order valence-corrected chi connectivity index (χ3v) is 3.04. The molecule has 0 bridgehead atoms. The van der Waals surface area contributed by atoms with Crippen LogP contribution in [-0.4, -0.2) is 16.8 Å². The predicted molar refractivity (Wildman–Crippen MR) is 54.9 cm³/mol. The van der Waals surface area contributed by atoms with Crippen molar-refractivity contribution < 1.29 is 10.2 Å². The maximum Gasteiger partial charge on any atom is 0.0824 e. The third kappa shape index (κ3) is 1.68. The molecule has 0 saturated carbocycles. The highest BCUT2D eigenvalue weighted by Gasteiger charge is 2.29. The lowest BCUT2D eigenvalue weighted by Crippen LogP contribution is -2.07. The second-order valence-corrected chi connectivity index (χ2v) is 3.97.